The molecule has 2 unspecified atom stereocenters. The Morgan fingerprint density at radius 1 is 1.67 bits per heavy atom. The second kappa shape index (κ2) is 6.70. The van der Waals surface area contributed by atoms with Crippen LogP contribution < -0.4 is 0 Å². The number of aromatic nitrogens is 2. The van der Waals surface area contributed by atoms with Crippen molar-refractivity contribution < 1.29 is 9.66 Å². The van der Waals surface area contributed by atoms with Crippen molar-refractivity contribution in [2.24, 2.45) is 0 Å². The number of nitrogens with zero attached hydrogens (tertiary/aromatic N) is 2. The highest BCUT2D eigenvalue weighted by Crippen LogP contribution is 2.29. The zero-order valence-corrected chi connectivity index (χ0v) is 10.3. The summed E-state index contributed by atoms with van der Waals surface area (Å²) in [5.74, 6) is 0. The first kappa shape index (κ1) is 14.1. The maximum absolute atomic E-state index is 10.9. The Bertz CT molecular complexity index is 428. The molecular weight excluding hydrogens is 234 g/mol. The van der Waals surface area contributed by atoms with Gasteiger partial charge in [-0.1, -0.05) is 12.2 Å². The molecular formula is C12H17N3O3. The van der Waals surface area contributed by atoms with E-state index >= 15 is 0 Å². The Morgan fingerprint density at radius 2 is 2.39 bits per heavy atom. The monoisotopic (exact) mass is 251 g/mol. The molecule has 0 radical (unpaired) electrons. The Hall–Kier alpha value is -1.95. The Kier molecular flexibility index (Phi) is 5.26. The molecule has 18 heavy (non-hydrogen) atoms. The molecule has 98 valence electrons. The van der Waals surface area contributed by atoms with Gasteiger partial charge in [0, 0.05) is 0 Å². The highest BCUT2D eigenvalue weighted by atomic mass is 16.6. The molecule has 0 fully saturated rings. The van der Waals surface area contributed by atoms with Gasteiger partial charge < -0.3 is 4.74 Å². The van der Waals surface area contributed by atoms with E-state index in [0.717, 1.165) is 0 Å². The van der Waals surface area contributed by atoms with Gasteiger partial charge in [-0.25, -0.2) is 0 Å². The molecule has 1 heterocycles. The Morgan fingerprint density at radius 3 is 2.94 bits per heavy atom. The van der Waals surface area contributed by atoms with E-state index in [9.17, 15) is 10.1 Å². The quantitative estimate of drug-likeness (QED) is 0.437. The molecule has 0 aliphatic rings. The predicted octanol–water partition coefficient (Wildman–Crippen LogP) is 2.92. The number of hydrogen-bond acceptors (Lipinski definition) is 4. The number of hydrogen-bond donors (Lipinski definition) is 1. The molecule has 1 rings (SSSR count). The van der Waals surface area contributed by atoms with Crippen molar-refractivity contribution in [3.8, 4) is 0 Å². The Balaban J connectivity index is 2.92. The topological polar surface area (TPSA) is 81.0 Å². The lowest BCUT2D eigenvalue weighted by molar-refractivity contribution is -0.386. The van der Waals surface area contributed by atoms with E-state index in [4.69, 9.17) is 4.74 Å². The van der Waals surface area contributed by atoms with Gasteiger partial charge in [-0.3, -0.25) is 15.2 Å². The van der Waals surface area contributed by atoms with Crippen LogP contribution in [0.1, 0.15) is 31.6 Å². The van der Waals surface area contributed by atoms with E-state index in [1.165, 1.54) is 6.20 Å². The number of ether oxygens (including phenoxy) is 1. The molecule has 1 aromatic heterocycles. The number of nitrogens with one attached hydrogen (secondary N) is 1. The molecule has 1 aromatic rings. The van der Waals surface area contributed by atoms with E-state index in [1.807, 2.05) is 6.92 Å². The number of rotatable bonds is 8. The van der Waals surface area contributed by atoms with Gasteiger partial charge in [-0.2, -0.15) is 5.10 Å². The molecule has 0 aliphatic heterocycles. The molecule has 0 saturated heterocycles. The van der Waals surface area contributed by atoms with Crippen LogP contribution in [0, 0.1) is 10.1 Å². The van der Waals surface area contributed by atoms with Crippen molar-refractivity contribution in [3.63, 3.8) is 0 Å². The van der Waals surface area contributed by atoms with Crippen molar-refractivity contribution in [1.29, 1.82) is 0 Å². The van der Waals surface area contributed by atoms with E-state index in [1.54, 1.807) is 12.2 Å². The average Bonchev–Trinajstić information content (AvgIpc) is 2.83. The summed E-state index contributed by atoms with van der Waals surface area (Å²) in [7, 11) is 0. The lowest BCUT2D eigenvalue weighted by Gasteiger charge is -2.18. The van der Waals surface area contributed by atoms with Crippen LogP contribution in [0.3, 0.4) is 0 Å². The largest absolute Gasteiger partial charge is 0.365 e. The predicted molar refractivity (Wildman–Crippen MR) is 68.2 cm³/mol. The number of nitro groups is 1. The Labute approximate surface area is 106 Å². The molecule has 0 amide bonds. The molecule has 1 N–H and O–H groups in total. The molecule has 6 nitrogen and oxygen atoms in total. The lowest BCUT2D eigenvalue weighted by atomic mass is 10.1. The third-order valence-corrected chi connectivity index (χ3v) is 2.51. The maximum atomic E-state index is 10.9. The van der Waals surface area contributed by atoms with Gasteiger partial charge in [-0.15, -0.1) is 13.2 Å². The van der Waals surface area contributed by atoms with Gasteiger partial charge >= 0.3 is 5.69 Å². The van der Waals surface area contributed by atoms with Crippen molar-refractivity contribution in [2.75, 3.05) is 0 Å². The van der Waals surface area contributed by atoms with Crippen LogP contribution >= 0.6 is 0 Å². The second-order valence-corrected chi connectivity index (χ2v) is 3.86. The van der Waals surface area contributed by atoms with E-state index in [2.05, 4.69) is 23.4 Å². The van der Waals surface area contributed by atoms with Gasteiger partial charge in [-0.05, 0) is 19.8 Å². The van der Waals surface area contributed by atoms with Gasteiger partial charge in [0.1, 0.15) is 18.0 Å². The lowest BCUT2D eigenvalue weighted by Crippen LogP contribution is -2.13. The summed E-state index contributed by atoms with van der Waals surface area (Å²) in [6, 6.07) is 0. The van der Waals surface area contributed by atoms with Gasteiger partial charge in [0.2, 0.25) is 0 Å². The average molecular weight is 251 g/mol. The highest BCUT2D eigenvalue weighted by molar-refractivity contribution is 5.33. The first-order chi connectivity index (χ1) is 8.60. The van der Waals surface area contributed by atoms with Crippen LogP contribution in [0.15, 0.2) is 31.5 Å². The summed E-state index contributed by atoms with van der Waals surface area (Å²) in [6.07, 6.45) is 5.27. The van der Waals surface area contributed by atoms with Crippen molar-refractivity contribution in [3.05, 3.63) is 47.3 Å². The second-order valence-electron chi connectivity index (χ2n) is 3.86. The van der Waals surface area contributed by atoms with Crippen LogP contribution in [0.5, 0.6) is 0 Å². The molecule has 6 heteroatoms. The maximum Gasteiger partial charge on any atom is 0.312 e. The SMILES string of the molecule is C=CCCC(OC(C)C=C)c1[nH]ncc1[N+](=O)[O-]. The third kappa shape index (κ3) is 3.53. The van der Waals surface area contributed by atoms with Crippen LogP contribution in [-0.2, 0) is 4.74 Å². The smallest absolute Gasteiger partial charge is 0.312 e. The molecule has 0 bridgehead atoms. The summed E-state index contributed by atoms with van der Waals surface area (Å²) in [5.41, 5.74) is 0.330. The zero-order chi connectivity index (χ0) is 13.5. The summed E-state index contributed by atoms with van der Waals surface area (Å²) < 4.78 is 5.70. The van der Waals surface area contributed by atoms with Crippen molar-refractivity contribution in [1.82, 2.24) is 10.2 Å². The molecule has 2 atom stereocenters. The van der Waals surface area contributed by atoms with E-state index < -0.39 is 11.0 Å². The standard InChI is InChI=1S/C12H17N3O3/c1-4-6-7-11(18-9(3)5-2)12-10(15(16)17)8-13-14-12/h4-5,8-9,11H,1-2,6-7H2,3H3,(H,13,14). The molecule has 0 saturated carbocycles. The minimum absolute atomic E-state index is 0.0553. The minimum Gasteiger partial charge on any atom is -0.365 e. The number of allylic oxidation sites excluding steroid dienone is 1. The van der Waals surface area contributed by atoms with Crippen molar-refractivity contribution in [2.45, 2.75) is 32.0 Å². The van der Waals surface area contributed by atoms with E-state index in [-0.39, 0.29) is 11.8 Å². The molecule has 0 aliphatic carbocycles. The van der Waals surface area contributed by atoms with Crippen LogP contribution in [-0.4, -0.2) is 21.2 Å². The fraction of sp³-hybridized carbons (Fsp3) is 0.417. The van der Waals surface area contributed by atoms with Crippen LogP contribution in [0.2, 0.25) is 0 Å². The normalized spacial score (nSPS) is 13.8. The van der Waals surface area contributed by atoms with Crippen molar-refractivity contribution >= 4 is 5.69 Å². The zero-order valence-electron chi connectivity index (χ0n) is 10.3. The van der Waals surface area contributed by atoms with Gasteiger partial charge in [0.25, 0.3) is 0 Å². The summed E-state index contributed by atoms with van der Waals surface area (Å²) in [4.78, 5) is 10.4. The molecule has 0 aromatic carbocycles. The highest BCUT2D eigenvalue weighted by Gasteiger charge is 2.25. The van der Waals surface area contributed by atoms with Crippen LogP contribution in [0.25, 0.3) is 0 Å². The third-order valence-electron chi connectivity index (χ3n) is 2.51. The first-order valence-corrected chi connectivity index (χ1v) is 5.66. The number of aromatic amines is 1. The van der Waals surface area contributed by atoms with Gasteiger partial charge in [0.15, 0.2) is 0 Å². The summed E-state index contributed by atoms with van der Waals surface area (Å²) in [6.45, 7) is 9.09. The van der Waals surface area contributed by atoms with E-state index in [0.29, 0.717) is 18.5 Å². The first-order valence-electron chi connectivity index (χ1n) is 5.66. The number of H-pyrrole nitrogens is 1. The fourth-order valence-electron chi connectivity index (χ4n) is 1.54. The van der Waals surface area contributed by atoms with Gasteiger partial charge in [0.05, 0.1) is 11.0 Å². The fourth-order valence-corrected chi connectivity index (χ4v) is 1.54. The summed E-state index contributed by atoms with van der Waals surface area (Å²) >= 11 is 0. The van der Waals surface area contributed by atoms with Crippen LogP contribution in [0.4, 0.5) is 5.69 Å². The minimum atomic E-state index is -0.471. The summed E-state index contributed by atoms with van der Waals surface area (Å²) in [5, 5.41) is 17.2. The molecule has 0 spiro atoms.